The Morgan fingerprint density at radius 3 is 2.38 bits per heavy atom. The summed E-state index contributed by atoms with van der Waals surface area (Å²) < 4.78 is 27.6. The highest BCUT2D eigenvalue weighted by atomic mass is 32.2. The normalized spacial score (nSPS) is 15.1. The molecule has 6 nitrogen and oxygen atoms in total. The zero-order valence-corrected chi connectivity index (χ0v) is 17.9. The van der Waals surface area contributed by atoms with Gasteiger partial charge in [0, 0.05) is 25.3 Å². The molecule has 0 saturated carbocycles. The van der Waals surface area contributed by atoms with Crippen LogP contribution in [0.1, 0.15) is 36.0 Å². The second kappa shape index (κ2) is 9.41. The van der Waals surface area contributed by atoms with Crippen LogP contribution in [0.5, 0.6) is 0 Å². The summed E-state index contributed by atoms with van der Waals surface area (Å²) in [6.07, 6.45) is 2.87. The number of carbonyl (C=O) groups excluding carboxylic acids is 1. The van der Waals surface area contributed by atoms with Crippen LogP contribution in [-0.2, 0) is 21.4 Å². The molecule has 1 aliphatic rings. The first-order valence-electron chi connectivity index (χ1n) is 10.0. The third-order valence-electron chi connectivity index (χ3n) is 5.18. The molecule has 1 fully saturated rings. The Morgan fingerprint density at radius 2 is 1.69 bits per heavy atom. The second-order valence-corrected chi connectivity index (χ2v) is 9.47. The van der Waals surface area contributed by atoms with E-state index in [4.69, 9.17) is 0 Å². The molecular formula is C22H29N3O3S. The number of rotatable bonds is 7. The number of carbonyl (C=O) groups is 1. The number of nitrogens with zero attached hydrogens (tertiary/aromatic N) is 1. The van der Waals surface area contributed by atoms with Gasteiger partial charge in [0.15, 0.2) is 0 Å². The van der Waals surface area contributed by atoms with Crippen LogP contribution in [-0.4, -0.2) is 38.3 Å². The standard InChI is InChI=1S/C22H29N3O3S/c1-17-6-9-19(10-7-17)15-24-22(26)16-23-20-11-8-18(2)21(14-20)29(27,28)25-12-4-3-5-13-25/h6-11,14,23H,3-5,12-13,15-16H2,1-2H3,(H,24,26). The van der Waals surface area contributed by atoms with Crippen LogP contribution in [0.3, 0.4) is 0 Å². The third kappa shape index (κ3) is 5.58. The molecule has 1 aliphatic heterocycles. The minimum atomic E-state index is -3.51. The largest absolute Gasteiger partial charge is 0.376 e. The Bertz CT molecular complexity index is 950. The van der Waals surface area contributed by atoms with Crippen molar-refractivity contribution in [1.82, 2.24) is 9.62 Å². The fourth-order valence-electron chi connectivity index (χ4n) is 3.38. The molecule has 2 aromatic carbocycles. The number of piperidine rings is 1. The minimum Gasteiger partial charge on any atom is -0.376 e. The van der Waals surface area contributed by atoms with Gasteiger partial charge in [0.25, 0.3) is 0 Å². The van der Waals surface area contributed by atoms with Gasteiger partial charge in [-0.1, -0.05) is 42.3 Å². The molecule has 0 radical (unpaired) electrons. The zero-order chi connectivity index (χ0) is 20.9. The lowest BCUT2D eigenvalue weighted by Crippen LogP contribution is -2.36. The Kier molecular flexibility index (Phi) is 6.92. The number of amides is 1. The molecule has 1 heterocycles. The van der Waals surface area contributed by atoms with Gasteiger partial charge in [-0.3, -0.25) is 4.79 Å². The first-order chi connectivity index (χ1) is 13.9. The maximum absolute atomic E-state index is 13.0. The van der Waals surface area contributed by atoms with Gasteiger partial charge in [-0.05, 0) is 49.9 Å². The maximum Gasteiger partial charge on any atom is 0.243 e. The Hall–Kier alpha value is -2.38. The average Bonchev–Trinajstić information content (AvgIpc) is 2.73. The SMILES string of the molecule is Cc1ccc(CNC(=O)CNc2ccc(C)c(S(=O)(=O)N3CCCCC3)c2)cc1. The highest BCUT2D eigenvalue weighted by Gasteiger charge is 2.27. The number of hydrogen-bond acceptors (Lipinski definition) is 4. The van der Waals surface area contributed by atoms with Crippen LogP contribution in [0.25, 0.3) is 0 Å². The van der Waals surface area contributed by atoms with E-state index in [2.05, 4.69) is 10.6 Å². The lowest BCUT2D eigenvalue weighted by atomic mass is 10.1. The predicted molar refractivity (Wildman–Crippen MR) is 115 cm³/mol. The van der Waals surface area contributed by atoms with Crippen molar-refractivity contribution < 1.29 is 13.2 Å². The van der Waals surface area contributed by atoms with Crippen LogP contribution in [0, 0.1) is 13.8 Å². The van der Waals surface area contributed by atoms with Gasteiger partial charge in [-0.25, -0.2) is 8.42 Å². The molecule has 0 atom stereocenters. The van der Waals surface area contributed by atoms with E-state index in [0.717, 1.165) is 24.8 Å². The Balaban J connectivity index is 1.60. The maximum atomic E-state index is 13.0. The van der Waals surface area contributed by atoms with E-state index in [1.807, 2.05) is 31.2 Å². The number of anilines is 1. The summed E-state index contributed by atoms with van der Waals surface area (Å²) >= 11 is 0. The predicted octanol–water partition coefficient (Wildman–Crippen LogP) is 3.21. The van der Waals surface area contributed by atoms with E-state index in [1.165, 1.54) is 5.56 Å². The summed E-state index contributed by atoms with van der Waals surface area (Å²) in [5.41, 5.74) is 3.55. The molecule has 1 amide bonds. The fraction of sp³-hybridized carbons (Fsp3) is 0.409. The monoisotopic (exact) mass is 415 g/mol. The molecule has 29 heavy (non-hydrogen) atoms. The molecule has 2 N–H and O–H groups in total. The summed E-state index contributed by atoms with van der Waals surface area (Å²) in [6.45, 7) is 5.51. The van der Waals surface area contributed by atoms with Crippen LogP contribution in [0.15, 0.2) is 47.4 Å². The van der Waals surface area contributed by atoms with Crippen LogP contribution >= 0.6 is 0 Å². The fourth-order valence-corrected chi connectivity index (χ4v) is 5.15. The highest BCUT2D eigenvalue weighted by molar-refractivity contribution is 7.89. The van der Waals surface area contributed by atoms with Gasteiger partial charge >= 0.3 is 0 Å². The number of aryl methyl sites for hydroxylation is 2. The lowest BCUT2D eigenvalue weighted by Gasteiger charge is -2.26. The van der Waals surface area contributed by atoms with E-state index >= 15 is 0 Å². The zero-order valence-electron chi connectivity index (χ0n) is 17.1. The van der Waals surface area contributed by atoms with Crippen LogP contribution in [0.2, 0.25) is 0 Å². The second-order valence-electron chi connectivity index (χ2n) is 7.56. The summed E-state index contributed by atoms with van der Waals surface area (Å²) in [6, 6.07) is 13.2. The van der Waals surface area contributed by atoms with Gasteiger partial charge in [0.2, 0.25) is 15.9 Å². The van der Waals surface area contributed by atoms with Crippen LogP contribution < -0.4 is 10.6 Å². The minimum absolute atomic E-state index is 0.0815. The van der Waals surface area contributed by atoms with Crippen molar-refractivity contribution in [3.63, 3.8) is 0 Å². The van der Waals surface area contributed by atoms with Crippen molar-refractivity contribution in [1.29, 1.82) is 0 Å². The quantitative estimate of drug-likeness (QED) is 0.728. The third-order valence-corrected chi connectivity index (χ3v) is 7.22. The van der Waals surface area contributed by atoms with Gasteiger partial charge in [-0.15, -0.1) is 0 Å². The molecule has 0 unspecified atom stereocenters. The van der Waals surface area contributed by atoms with E-state index in [9.17, 15) is 13.2 Å². The summed E-state index contributed by atoms with van der Waals surface area (Å²) in [7, 11) is -3.51. The molecule has 1 saturated heterocycles. The number of sulfonamides is 1. The topological polar surface area (TPSA) is 78.5 Å². The first kappa shape index (κ1) is 21.3. The molecule has 156 valence electrons. The van der Waals surface area contributed by atoms with Gasteiger partial charge in [0.1, 0.15) is 0 Å². The molecular weight excluding hydrogens is 386 g/mol. The Morgan fingerprint density at radius 1 is 1.00 bits per heavy atom. The molecule has 0 aliphatic carbocycles. The number of nitrogens with one attached hydrogen (secondary N) is 2. The summed E-state index contributed by atoms with van der Waals surface area (Å²) in [5, 5.41) is 5.91. The number of hydrogen-bond donors (Lipinski definition) is 2. The molecule has 0 aromatic heterocycles. The van der Waals surface area contributed by atoms with Gasteiger partial charge < -0.3 is 10.6 Å². The molecule has 7 heteroatoms. The summed E-state index contributed by atoms with van der Waals surface area (Å²) in [4.78, 5) is 12.5. The average molecular weight is 416 g/mol. The van der Waals surface area contributed by atoms with Crippen molar-refractivity contribution in [3.8, 4) is 0 Å². The van der Waals surface area contributed by atoms with Crippen molar-refractivity contribution in [2.45, 2.75) is 44.6 Å². The number of benzene rings is 2. The highest BCUT2D eigenvalue weighted by Crippen LogP contribution is 2.25. The molecule has 2 aromatic rings. The Labute approximate surface area is 173 Å². The molecule has 3 rings (SSSR count). The summed E-state index contributed by atoms with van der Waals surface area (Å²) in [5.74, 6) is -0.147. The van der Waals surface area contributed by atoms with E-state index in [-0.39, 0.29) is 12.5 Å². The lowest BCUT2D eigenvalue weighted by molar-refractivity contribution is -0.119. The van der Waals surface area contributed by atoms with E-state index < -0.39 is 10.0 Å². The molecule has 0 bridgehead atoms. The van der Waals surface area contributed by atoms with Crippen molar-refractivity contribution >= 4 is 21.6 Å². The first-order valence-corrected chi connectivity index (χ1v) is 11.5. The van der Waals surface area contributed by atoms with Crippen molar-refractivity contribution in [3.05, 3.63) is 59.2 Å². The van der Waals surface area contributed by atoms with Crippen LogP contribution in [0.4, 0.5) is 5.69 Å². The molecule has 0 spiro atoms. The smallest absolute Gasteiger partial charge is 0.243 e. The van der Waals surface area contributed by atoms with Crippen molar-refractivity contribution in [2.75, 3.05) is 25.0 Å². The van der Waals surface area contributed by atoms with Gasteiger partial charge in [-0.2, -0.15) is 4.31 Å². The van der Waals surface area contributed by atoms with Gasteiger partial charge in [0.05, 0.1) is 11.4 Å². The van der Waals surface area contributed by atoms with E-state index in [0.29, 0.717) is 35.8 Å². The van der Waals surface area contributed by atoms with E-state index in [1.54, 1.807) is 29.4 Å². The van der Waals surface area contributed by atoms with Crippen molar-refractivity contribution in [2.24, 2.45) is 0 Å².